The number of aromatic nitrogens is 4. The van der Waals surface area contributed by atoms with Gasteiger partial charge in [-0.25, -0.2) is 4.68 Å². The van der Waals surface area contributed by atoms with E-state index in [-0.39, 0.29) is 24.0 Å². The number of ether oxygens (including phenoxy) is 1. The number of nitrogens with zero attached hydrogens (tertiary/aromatic N) is 4. The number of benzene rings is 1. The molecule has 1 aromatic carbocycles. The molecule has 2 amide bonds. The lowest BCUT2D eigenvalue weighted by Gasteiger charge is -2.07. The van der Waals surface area contributed by atoms with E-state index in [9.17, 15) is 9.59 Å². The first kappa shape index (κ1) is 21.1. The molecule has 0 saturated carbocycles. The van der Waals surface area contributed by atoms with Crippen LogP contribution in [0, 0.1) is 5.92 Å². The zero-order chi connectivity index (χ0) is 21.5. The van der Waals surface area contributed by atoms with Crippen molar-refractivity contribution in [3.05, 3.63) is 60.2 Å². The molecule has 9 nitrogen and oxygen atoms in total. The highest BCUT2D eigenvalue weighted by atomic mass is 16.5. The lowest BCUT2D eigenvalue weighted by atomic mass is 10.2. The normalized spacial score (nSPS) is 10.8. The molecule has 0 radical (unpaired) electrons. The van der Waals surface area contributed by atoms with Gasteiger partial charge in [-0.2, -0.15) is 10.2 Å². The van der Waals surface area contributed by atoms with E-state index in [2.05, 4.69) is 20.8 Å². The van der Waals surface area contributed by atoms with Gasteiger partial charge in [0.1, 0.15) is 5.75 Å². The molecular weight excluding hydrogens is 384 g/mol. The Balaban J connectivity index is 1.66. The largest absolute Gasteiger partial charge is 0.471 e. The van der Waals surface area contributed by atoms with Crippen LogP contribution in [-0.2, 0) is 13.3 Å². The third kappa shape index (κ3) is 5.47. The number of carbonyl (C=O) groups is 2. The predicted octanol–water partition coefficient (Wildman–Crippen LogP) is 2.77. The van der Waals surface area contributed by atoms with Crippen molar-refractivity contribution in [2.45, 2.75) is 34.0 Å². The SMILES string of the molecule is CCn1cc(NC(=O)c2ccn(COc3ccccc3)n2)c(C(=O)NCC(C)C)n1. The van der Waals surface area contributed by atoms with Crippen LogP contribution in [0.2, 0.25) is 0 Å². The molecule has 2 N–H and O–H groups in total. The van der Waals surface area contributed by atoms with Crippen molar-refractivity contribution >= 4 is 17.5 Å². The first-order valence-corrected chi connectivity index (χ1v) is 9.84. The van der Waals surface area contributed by atoms with E-state index in [0.717, 1.165) is 0 Å². The van der Waals surface area contributed by atoms with Gasteiger partial charge in [-0.1, -0.05) is 32.0 Å². The number of nitrogens with one attached hydrogen (secondary N) is 2. The average Bonchev–Trinajstić information content (AvgIpc) is 3.38. The Morgan fingerprint density at radius 2 is 1.83 bits per heavy atom. The van der Waals surface area contributed by atoms with E-state index in [0.29, 0.717) is 30.4 Å². The molecule has 0 unspecified atom stereocenters. The Labute approximate surface area is 175 Å². The minimum absolute atomic E-state index is 0.175. The molecule has 0 fully saturated rings. The van der Waals surface area contributed by atoms with Crippen molar-refractivity contribution < 1.29 is 14.3 Å². The smallest absolute Gasteiger partial charge is 0.276 e. The number of carbonyl (C=O) groups excluding carboxylic acids is 2. The summed E-state index contributed by atoms with van der Waals surface area (Å²) in [4.78, 5) is 25.1. The Hall–Kier alpha value is -3.62. The standard InChI is InChI=1S/C21H26N6O3/c1-4-26-13-18(19(25-26)21(29)22-12-15(2)3)23-20(28)17-10-11-27(24-17)14-30-16-8-6-5-7-9-16/h5-11,13,15H,4,12,14H2,1-3H3,(H,22,29)(H,23,28). The predicted molar refractivity (Wildman–Crippen MR) is 112 cm³/mol. The average molecular weight is 410 g/mol. The highest BCUT2D eigenvalue weighted by molar-refractivity contribution is 6.07. The first-order valence-electron chi connectivity index (χ1n) is 9.84. The topological polar surface area (TPSA) is 103 Å². The van der Waals surface area contributed by atoms with Crippen molar-refractivity contribution in [3.63, 3.8) is 0 Å². The summed E-state index contributed by atoms with van der Waals surface area (Å²) < 4.78 is 8.75. The number of hydrogen-bond acceptors (Lipinski definition) is 5. The molecule has 30 heavy (non-hydrogen) atoms. The van der Waals surface area contributed by atoms with E-state index >= 15 is 0 Å². The Morgan fingerprint density at radius 1 is 1.07 bits per heavy atom. The molecule has 0 atom stereocenters. The maximum absolute atomic E-state index is 12.6. The summed E-state index contributed by atoms with van der Waals surface area (Å²) >= 11 is 0. The van der Waals surface area contributed by atoms with E-state index in [1.165, 1.54) is 4.68 Å². The van der Waals surface area contributed by atoms with Gasteiger partial charge in [-0.05, 0) is 31.0 Å². The fourth-order valence-electron chi connectivity index (χ4n) is 2.62. The number of rotatable bonds is 9. The highest BCUT2D eigenvalue weighted by Crippen LogP contribution is 2.16. The molecule has 9 heteroatoms. The number of amides is 2. The summed E-state index contributed by atoms with van der Waals surface area (Å²) in [6, 6.07) is 10.9. The maximum Gasteiger partial charge on any atom is 0.276 e. The second-order valence-electron chi connectivity index (χ2n) is 7.13. The minimum atomic E-state index is -0.429. The number of hydrogen-bond donors (Lipinski definition) is 2. The van der Waals surface area contributed by atoms with Gasteiger partial charge in [0, 0.05) is 25.5 Å². The van der Waals surface area contributed by atoms with Crippen LogP contribution in [0.4, 0.5) is 5.69 Å². The van der Waals surface area contributed by atoms with Gasteiger partial charge in [0.2, 0.25) is 0 Å². The van der Waals surface area contributed by atoms with Crippen molar-refractivity contribution in [2.24, 2.45) is 5.92 Å². The van der Waals surface area contributed by atoms with Crippen LogP contribution >= 0.6 is 0 Å². The molecule has 2 aromatic heterocycles. The molecule has 2 heterocycles. The fourth-order valence-corrected chi connectivity index (χ4v) is 2.62. The second-order valence-corrected chi connectivity index (χ2v) is 7.13. The first-order chi connectivity index (χ1) is 14.5. The van der Waals surface area contributed by atoms with Gasteiger partial charge in [0.25, 0.3) is 11.8 Å². The summed E-state index contributed by atoms with van der Waals surface area (Å²) in [5.74, 6) is 0.264. The van der Waals surface area contributed by atoms with E-state index in [1.807, 2.05) is 51.1 Å². The number of aryl methyl sites for hydroxylation is 1. The van der Waals surface area contributed by atoms with Gasteiger partial charge in [-0.3, -0.25) is 14.3 Å². The molecular formula is C21H26N6O3. The molecule has 3 aromatic rings. The van der Waals surface area contributed by atoms with E-state index in [4.69, 9.17) is 4.74 Å². The van der Waals surface area contributed by atoms with Crippen LogP contribution in [0.25, 0.3) is 0 Å². The molecule has 0 aliphatic rings. The minimum Gasteiger partial charge on any atom is -0.471 e. The summed E-state index contributed by atoms with van der Waals surface area (Å²) in [6.45, 7) is 7.19. The molecule has 0 bridgehead atoms. The van der Waals surface area contributed by atoms with Crippen molar-refractivity contribution in [1.82, 2.24) is 24.9 Å². The lowest BCUT2D eigenvalue weighted by Crippen LogP contribution is -2.28. The summed E-state index contributed by atoms with van der Waals surface area (Å²) in [5.41, 5.74) is 0.736. The van der Waals surface area contributed by atoms with Crippen molar-refractivity contribution in [3.8, 4) is 5.75 Å². The van der Waals surface area contributed by atoms with Gasteiger partial charge >= 0.3 is 0 Å². The third-order valence-electron chi connectivity index (χ3n) is 4.20. The van der Waals surface area contributed by atoms with Gasteiger partial charge in [0.15, 0.2) is 18.1 Å². The number of anilines is 1. The molecule has 0 aliphatic carbocycles. The van der Waals surface area contributed by atoms with Crippen LogP contribution in [0.5, 0.6) is 5.75 Å². The fraction of sp³-hybridized carbons (Fsp3) is 0.333. The Bertz CT molecular complexity index is 993. The third-order valence-corrected chi connectivity index (χ3v) is 4.20. The van der Waals surface area contributed by atoms with Gasteiger partial charge < -0.3 is 15.4 Å². The van der Waals surface area contributed by atoms with Crippen molar-refractivity contribution in [1.29, 1.82) is 0 Å². The van der Waals surface area contributed by atoms with Crippen LogP contribution in [0.15, 0.2) is 48.8 Å². The quantitative estimate of drug-likeness (QED) is 0.565. The summed E-state index contributed by atoms with van der Waals surface area (Å²) in [7, 11) is 0. The molecule has 0 saturated heterocycles. The zero-order valence-corrected chi connectivity index (χ0v) is 17.3. The lowest BCUT2D eigenvalue weighted by molar-refractivity contribution is 0.0944. The van der Waals surface area contributed by atoms with E-state index < -0.39 is 5.91 Å². The van der Waals surface area contributed by atoms with Gasteiger partial charge in [-0.15, -0.1) is 0 Å². The van der Waals surface area contributed by atoms with Crippen LogP contribution in [-0.4, -0.2) is 37.9 Å². The monoisotopic (exact) mass is 410 g/mol. The number of para-hydroxylation sites is 1. The van der Waals surface area contributed by atoms with Crippen LogP contribution < -0.4 is 15.4 Å². The highest BCUT2D eigenvalue weighted by Gasteiger charge is 2.20. The molecule has 0 spiro atoms. The second kappa shape index (κ2) is 9.73. The zero-order valence-electron chi connectivity index (χ0n) is 17.3. The van der Waals surface area contributed by atoms with Crippen LogP contribution in [0.1, 0.15) is 41.7 Å². The summed E-state index contributed by atoms with van der Waals surface area (Å²) in [5, 5.41) is 14.1. The van der Waals surface area contributed by atoms with Crippen molar-refractivity contribution in [2.75, 3.05) is 11.9 Å². The van der Waals surface area contributed by atoms with Crippen LogP contribution in [0.3, 0.4) is 0 Å². The molecule has 3 rings (SSSR count). The molecule has 158 valence electrons. The maximum atomic E-state index is 12.6. The Morgan fingerprint density at radius 3 is 2.53 bits per heavy atom. The van der Waals surface area contributed by atoms with E-state index in [1.54, 1.807) is 23.1 Å². The summed E-state index contributed by atoms with van der Waals surface area (Å²) in [6.07, 6.45) is 3.29. The Kier molecular flexibility index (Phi) is 6.84. The molecule has 0 aliphatic heterocycles. The van der Waals surface area contributed by atoms with Gasteiger partial charge in [0.05, 0.1) is 5.69 Å².